The zero-order valence-corrected chi connectivity index (χ0v) is 7.36. The molecule has 1 saturated carbocycles. The van der Waals surface area contributed by atoms with Gasteiger partial charge in [0.15, 0.2) is 5.82 Å². The molecule has 5 nitrogen and oxygen atoms in total. The van der Waals surface area contributed by atoms with Gasteiger partial charge in [0.05, 0.1) is 6.54 Å². The number of carbonyl (C=O) groups is 1. The van der Waals surface area contributed by atoms with Gasteiger partial charge < -0.3 is 9.84 Å². The maximum Gasteiger partial charge on any atom is 0.230 e. The van der Waals surface area contributed by atoms with E-state index in [4.69, 9.17) is 4.52 Å². The van der Waals surface area contributed by atoms with Crippen LogP contribution in [-0.2, 0) is 11.3 Å². The van der Waals surface area contributed by atoms with Gasteiger partial charge in [-0.25, -0.2) is 0 Å². The molecule has 1 aromatic rings. The number of carbonyl (C=O) groups excluding carboxylic acids is 1. The first-order chi connectivity index (χ1) is 6.31. The zero-order chi connectivity index (χ0) is 9.26. The molecule has 1 heterocycles. The molecule has 1 aliphatic carbocycles. The molecule has 1 amide bonds. The van der Waals surface area contributed by atoms with Gasteiger partial charge >= 0.3 is 0 Å². The third-order valence-electron chi connectivity index (χ3n) is 2.25. The summed E-state index contributed by atoms with van der Waals surface area (Å²) < 4.78 is 5.04. The third-order valence-corrected chi connectivity index (χ3v) is 2.25. The van der Waals surface area contributed by atoms with Crippen LogP contribution in [0, 0.1) is 5.92 Å². The van der Waals surface area contributed by atoms with Crippen molar-refractivity contribution >= 4 is 6.41 Å². The molecule has 0 radical (unpaired) electrons. The summed E-state index contributed by atoms with van der Waals surface area (Å²) in [4.78, 5) is 14.1. The topological polar surface area (TPSA) is 68.0 Å². The Balaban J connectivity index is 1.97. The maximum atomic E-state index is 9.99. The molecule has 1 aliphatic rings. The molecule has 70 valence electrons. The second-order valence-corrected chi connectivity index (χ2v) is 3.37. The highest BCUT2D eigenvalue weighted by Gasteiger charge is 2.38. The molecule has 0 aliphatic heterocycles. The predicted octanol–water partition coefficient (Wildman–Crippen LogP) is 0.439. The van der Waals surface area contributed by atoms with Crippen molar-refractivity contribution in [3.8, 4) is 0 Å². The molecule has 2 rings (SSSR count). The van der Waals surface area contributed by atoms with Crippen LogP contribution < -0.4 is 5.32 Å². The van der Waals surface area contributed by atoms with E-state index in [1.807, 2.05) is 0 Å². The summed E-state index contributed by atoms with van der Waals surface area (Å²) in [5.74, 6) is 2.35. The van der Waals surface area contributed by atoms with Crippen LogP contribution in [0.3, 0.4) is 0 Å². The van der Waals surface area contributed by atoms with E-state index >= 15 is 0 Å². The van der Waals surface area contributed by atoms with Gasteiger partial charge in [0.1, 0.15) is 0 Å². The van der Waals surface area contributed by atoms with Gasteiger partial charge in [0.25, 0.3) is 0 Å². The van der Waals surface area contributed by atoms with E-state index in [1.165, 1.54) is 0 Å². The Morgan fingerprint density at radius 2 is 2.54 bits per heavy atom. The Bertz CT molecular complexity index is 310. The van der Waals surface area contributed by atoms with Crippen LogP contribution in [0.5, 0.6) is 0 Å². The quantitative estimate of drug-likeness (QED) is 0.684. The average Bonchev–Trinajstić information content (AvgIpc) is 2.67. The normalized spacial score (nSPS) is 25.6. The van der Waals surface area contributed by atoms with Crippen LogP contribution in [0.1, 0.15) is 31.0 Å². The average molecular weight is 181 g/mol. The standard InChI is InChI=1S/C8H11N3O2/c1-5-2-6(5)8-10-7(11-13-8)3-9-4-12/h4-6H,2-3H2,1H3,(H,9,12). The molecule has 1 N–H and O–H groups in total. The van der Waals surface area contributed by atoms with Crippen molar-refractivity contribution in [3.63, 3.8) is 0 Å². The molecule has 0 aromatic carbocycles. The van der Waals surface area contributed by atoms with Crippen molar-refractivity contribution in [2.24, 2.45) is 5.92 Å². The Kier molecular flexibility index (Phi) is 2.00. The van der Waals surface area contributed by atoms with Crippen LogP contribution in [0.25, 0.3) is 0 Å². The second kappa shape index (κ2) is 3.16. The molecular formula is C8H11N3O2. The van der Waals surface area contributed by atoms with Gasteiger partial charge in [-0.3, -0.25) is 4.79 Å². The minimum atomic E-state index is 0.341. The van der Waals surface area contributed by atoms with E-state index in [2.05, 4.69) is 22.4 Å². The van der Waals surface area contributed by atoms with Crippen molar-refractivity contribution in [2.75, 3.05) is 0 Å². The van der Waals surface area contributed by atoms with E-state index in [0.717, 1.165) is 6.42 Å². The zero-order valence-electron chi connectivity index (χ0n) is 7.36. The minimum Gasteiger partial charge on any atom is -0.351 e. The van der Waals surface area contributed by atoms with Crippen LogP contribution in [0.15, 0.2) is 4.52 Å². The highest BCUT2D eigenvalue weighted by atomic mass is 16.5. The highest BCUT2D eigenvalue weighted by Crippen LogP contribution is 2.45. The molecule has 0 saturated heterocycles. The van der Waals surface area contributed by atoms with Crippen LogP contribution in [0.4, 0.5) is 0 Å². The number of hydrogen-bond acceptors (Lipinski definition) is 4. The lowest BCUT2D eigenvalue weighted by atomic mass is 10.3. The lowest BCUT2D eigenvalue weighted by Crippen LogP contribution is -2.10. The maximum absolute atomic E-state index is 9.99. The Morgan fingerprint density at radius 3 is 3.15 bits per heavy atom. The first kappa shape index (κ1) is 8.22. The van der Waals surface area contributed by atoms with Crippen LogP contribution in [-0.4, -0.2) is 16.6 Å². The number of amides is 1. The van der Waals surface area contributed by atoms with E-state index in [1.54, 1.807) is 0 Å². The summed E-state index contributed by atoms with van der Waals surface area (Å²) in [6.07, 6.45) is 1.75. The molecule has 1 aromatic heterocycles. The monoisotopic (exact) mass is 181 g/mol. The van der Waals surface area contributed by atoms with Gasteiger partial charge in [-0.05, 0) is 12.3 Å². The van der Waals surface area contributed by atoms with Crippen molar-refractivity contribution in [1.82, 2.24) is 15.5 Å². The SMILES string of the molecule is CC1CC1c1nc(CNC=O)no1. The molecular weight excluding hydrogens is 170 g/mol. The molecule has 2 atom stereocenters. The van der Waals surface area contributed by atoms with Crippen molar-refractivity contribution in [2.45, 2.75) is 25.8 Å². The lowest BCUT2D eigenvalue weighted by Gasteiger charge is -1.87. The third kappa shape index (κ3) is 1.68. The minimum absolute atomic E-state index is 0.341. The van der Waals surface area contributed by atoms with Gasteiger partial charge in [-0.2, -0.15) is 4.98 Å². The molecule has 13 heavy (non-hydrogen) atoms. The number of hydrogen-bond donors (Lipinski definition) is 1. The van der Waals surface area contributed by atoms with Crippen molar-refractivity contribution in [3.05, 3.63) is 11.7 Å². The summed E-state index contributed by atoms with van der Waals surface area (Å²) in [6.45, 7) is 2.49. The predicted molar refractivity (Wildman–Crippen MR) is 43.7 cm³/mol. The number of rotatable bonds is 4. The fourth-order valence-corrected chi connectivity index (χ4v) is 1.29. The van der Waals surface area contributed by atoms with Gasteiger partial charge in [0, 0.05) is 5.92 Å². The van der Waals surface area contributed by atoms with Crippen molar-refractivity contribution < 1.29 is 9.32 Å². The Hall–Kier alpha value is -1.39. The molecule has 2 unspecified atom stereocenters. The molecule has 0 spiro atoms. The summed E-state index contributed by atoms with van der Waals surface area (Å²) >= 11 is 0. The van der Waals surface area contributed by atoms with Gasteiger partial charge in [0.2, 0.25) is 12.3 Å². The number of nitrogens with zero attached hydrogens (tertiary/aromatic N) is 2. The summed E-state index contributed by atoms with van der Waals surface area (Å²) in [5.41, 5.74) is 0. The summed E-state index contributed by atoms with van der Waals surface area (Å²) in [7, 11) is 0. The first-order valence-corrected chi connectivity index (χ1v) is 4.30. The van der Waals surface area contributed by atoms with Gasteiger partial charge in [-0.15, -0.1) is 0 Å². The molecule has 1 fully saturated rings. The van der Waals surface area contributed by atoms with E-state index < -0.39 is 0 Å². The number of aromatic nitrogens is 2. The fraction of sp³-hybridized carbons (Fsp3) is 0.625. The Labute approximate surface area is 75.5 Å². The largest absolute Gasteiger partial charge is 0.351 e. The smallest absolute Gasteiger partial charge is 0.230 e. The summed E-state index contributed by atoms with van der Waals surface area (Å²) in [6, 6.07) is 0. The second-order valence-electron chi connectivity index (χ2n) is 3.37. The lowest BCUT2D eigenvalue weighted by molar-refractivity contribution is -0.109. The number of nitrogens with one attached hydrogen (secondary N) is 1. The van der Waals surface area contributed by atoms with Crippen LogP contribution >= 0.6 is 0 Å². The Morgan fingerprint density at radius 1 is 1.77 bits per heavy atom. The van der Waals surface area contributed by atoms with E-state index in [0.29, 0.717) is 36.5 Å². The van der Waals surface area contributed by atoms with Crippen LogP contribution in [0.2, 0.25) is 0 Å². The van der Waals surface area contributed by atoms with Gasteiger partial charge in [-0.1, -0.05) is 12.1 Å². The van der Waals surface area contributed by atoms with E-state index in [-0.39, 0.29) is 0 Å². The fourth-order valence-electron chi connectivity index (χ4n) is 1.29. The molecule has 0 bridgehead atoms. The highest BCUT2D eigenvalue weighted by molar-refractivity contribution is 5.45. The van der Waals surface area contributed by atoms with E-state index in [9.17, 15) is 4.79 Å². The first-order valence-electron chi connectivity index (χ1n) is 4.30. The summed E-state index contributed by atoms with van der Waals surface area (Å²) in [5, 5.41) is 6.22. The molecule has 5 heteroatoms. The van der Waals surface area contributed by atoms with Crippen molar-refractivity contribution in [1.29, 1.82) is 0 Å².